The summed E-state index contributed by atoms with van der Waals surface area (Å²) in [6.07, 6.45) is -0.157. The minimum Gasteiger partial charge on any atom is -0.496 e. The van der Waals surface area contributed by atoms with Crippen molar-refractivity contribution in [1.82, 2.24) is 4.90 Å². The number of para-hydroxylation sites is 2. The third-order valence-electron chi connectivity index (χ3n) is 5.67. The Kier molecular flexibility index (Phi) is 5.30. The molecule has 6 nitrogen and oxygen atoms in total. The first-order chi connectivity index (χ1) is 15.2. The molecule has 0 spiro atoms. The van der Waals surface area contributed by atoms with Crippen LogP contribution in [0.2, 0.25) is 0 Å². The van der Waals surface area contributed by atoms with Crippen molar-refractivity contribution in [1.29, 1.82) is 0 Å². The summed E-state index contributed by atoms with van der Waals surface area (Å²) in [5.41, 5.74) is 3.29. The molecule has 0 saturated carbocycles. The molecule has 0 aliphatic carbocycles. The summed E-state index contributed by atoms with van der Waals surface area (Å²) in [6, 6.07) is 20.3. The molecule has 6 heteroatoms. The standard InChI is InChI=1S/C25H25NO5/c1-27-21-10-6-4-8-19(21)24-15-26(14-18-7-3-5-9-20(18)31-24)13-17-11-22(28-2)25-23(12-17)29-16-30-25/h3-12,24H,13-16H2,1-2H3. The maximum atomic E-state index is 6.48. The van der Waals surface area contributed by atoms with Crippen LogP contribution >= 0.6 is 0 Å². The van der Waals surface area contributed by atoms with Crippen LogP contribution in [0, 0.1) is 0 Å². The van der Waals surface area contributed by atoms with Gasteiger partial charge in [-0.1, -0.05) is 36.4 Å². The molecule has 3 aromatic carbocycles. The van der Waals surface area contributed by atoms with Crippen molar-refractivity contribution in [3.05, 3.63) is 77.4 Å². The molecular formula is C25H25NO5. The number of nitrogens with zero attached hydrogens (tertiary/aromatic N) is 1. The molecule has 0 N–H and O–H groups in total. The molecule has 3 aromatic rings. The number of ether oxygens (including phenoxy) is 5. The smallest absolute Gasteiger partial charge is 0.231 e. The van der Waals surface area contributed by atoms with Crippen LogP contribution in [0.4, 0.5) is 0 Å². The van der Waals surface area contributed by atoms with Gasteiger partial charge in [-0.25, -0.2) is 0 Å². The Labute approximate surface area is 181 Å². The van der Waals surface area contributed by atoms with E-state index in [-0.39, 0.29) is 12.9 Å². The quantitative estimate of drug-likeness (QED) is 0.604. The van der Waals surface area contributed by atoms with Gasteiger partial charge in [0.05, 0.1) is 14.2 Å². The van der Waals surface area contributed by atoms with Gasteiger partial charge in [-0.05, 0) is 29.8 Å². The van der Waals surface area contributed by atoms with Crippen LogP contribution < -0.4 is 23.7 Å². The second-order valence-electron chi connectivity index (χ2n) is 7.66. The largest absolute Gasteiger partial charge is 0.496 e. The average Bonchev–Trinajstić information content (AvgIpc) is 3.19. The fourth-order valence-corrected chi connectivity index (χ4v) is 4.23. The lowest BCUT2D eigenvalue weighted by Gasteiger charge is -2.25. The van der Waals surface area contributed by atoms with Crippen LogP contribution in [0.25, 0.3) is 0 Å². The van der Waals surface area contributed by atoms with Gasteiger partial charge in [0.2, 0.25) is 12.5 Å². The lowest BCUT2D eigenvalue weighted by molar-refractivity contribution is 0.141. The van der Waals surface area contributed by atoms with Gasteiger partial charge in [0.1, 0.15) is 17.6 Å². The third kappa shape index (κ3) is 3.86. The summed E-state index contributed by atoms with van der Waals surface area (Å²) < 4.78 is 28.8. The van der Waals surface area contributed by atoms with E-state index in [0.29, 0.717) is 18.0 Å². The summed E-state index contributed by atoms with van der Waals surface area (Å²) in [5, 5.41) is 0. The van der Waals surface area contributed by atoms with Crippen LogP contribution in [-0.2, 0) is 13.1 Å². The molecule has 0 aromatic heterocycles. The normalized spacial score (nSPS) is 17.4. The predicted octanol–water partition coefficient (Wildman–Crippen LogP) is 4.57. The molecule has 0 saturated heterocycles. The van der Waals surface area contributed by atoms with Crippen LogP contribution in [-0.4, -0.2) is 32.5 Å². The molecule has 0 amide bonds. The van der Waals surface area contributed by atoms with Gasteiger partial charge < -0.3 is 23.7 Å². The van der Waals surface area contributed by atoms with Gasteiger partial charge >= 0.3 is 0 Å². The highest BCUT2D eigenvalue weighted by Crippen LogP contribution is 2.42. The molecular weight excluding hydrogens is 394 g/mol. The Balaban J connectivity index is 1.48. The molecule has 0 fully saturated rings. The van der Waals surface area contributed by atoms with Gasteiger partial charge in [-0.3, -0.25) is 4.90 Å². The monoisotopic (exact) mass is 419 g/mol. The fourth-order valence-electron chi connectivity index (χ4n) is 4.23. The minimum absolute atomic E-state index is 0.157. The SMILES string of the molecule is COc1ccccc1C1CN(Cc2cc(OC)c3c(c2)OCO3)Cc2ccccc2O1. The molecule has 0 bridgehead atoms. The van der Waals surface area contributed by atoms with Gasteiger partial charge in [0.25, 0.3) is 0 Å². The van der Waals surface area contributed by atoms with Crippen molar-refractivity contribution in [2.45, 2.75) is 19.2 Å². The van der Waals surface area contributed by atoms with Crippen LogP contribution in [0.15, 0.2) is 60.7 Å². The zero-order valence-electron chi connectivity index (χ0n) is 17.7. The van der Waals surface area contributed by atoms with Crippen LogP contribution in [0.5, 0.6) is 28.7 Å². The van der Waals surface area contributed by atoms with Gasteiger partial charge in [-0.2, -0.15) is 0 Å². The maximum Gasteiger partial charge on any atom is 0.231 e. The first-order valence-electron chi connectivity index (χ1n) is 10.3. The average molecular weight is 419 g/mol. The zero-order chi connectivity index (χ0) is 21.2. The van der Waals surface area contributed by atoms with E-state index >= 15 is 0 Å². The second-order valence-corrected chi connectivity index (χ2v) is 7.66. The van der Waals surface area contributed by atoms with Gasteiger partial charge in [0.15, 0.2) is 11.5 Å². The van der Waals surface area contributed by atoms with Crippen molar-refractivity contribution in [3.8, 4) is 28.7 Å². The molecule has 2 aliphatic rings. The third-order valence-corrected chi connectivity index (χ3v) is 5.67. The lowest BCUT2D eigenvalue weighted by Crippen LogP contribution is -2.28. The number of rotatable bonds is 5. The number of methoxy groups -OCH3 is 2. The first kappa shape index (κ1) is 19.6. The summed E-state index contributed by atoms with van der Waals surface area (Å²) in [5.74, 6) is 3.82. The van der Waals surface area contributed by atoms with Gasteiger partial charge in [-0.15, -0.1) is 0 Å². The molecule has 0 radical (unpaired) electrons. The van der Waals surface area contributed by atoms with Crippen molar-refractivity contribution in [2.24, 2.45) is 0 Å². The summed E-state index contributed by atoms with van der Waals surface area (Å²) in [7, 11) is 3.34. The van der Waals surface area contributed by atoms with E-state index in [4.69, 9.17) is 23.7 Å². The first-order valence-corrected chi connectivity index (χ1v) is 10.3. The van der Waals surface area contributed by atoms with Crippen molar-refractivity contribution >= 4 is 0 Å². The number of benzene rings is 3. The Morgan fingerprint density at radius 2 is 1.71 bits per heavy atom. The number of hydrogen-bond acceptors (Lipinski definition) is 6. The molecule has 2 heterocycles. The van der Waals surface area contributed by atoms with Crippen molar-refractivity contribution < 1.29 is 23.7 Å². The summed E-state index contributed by atoms with van der Waals surface area (Å²) in [4.78, 5) is 2.37. The van der Waals surface area contributed by atoms with Gasteiger partial charge in [0, 0.05) is 30.8 Å². The van der Waals surface area contributed by atoms with E-state index in [1.165, 1.54) is 0 Å². The van der Waals surface area contributed by atoms with E-state index < -0.39 is 0 Å². The van der Waals surface area contributed by atoms with Crippen molar-refractivity contribution in [2.75, 3.05) is 27.6 Å². The molecule has 31 heavy (non-hydrogen) atoms. The summed E-state index contributed by atoms with van der Waals surface area (Å²) >= 11 is 0. The van der Waals surface area contributed by atoms with Crippen LogP contribution in [0.3, 0.4) is 0 Å². The zero-order valence-corrected chi connectivity index (χ0v) is 17.7. The lowest BCUT2D eigenvalue weighted by atomic mass is 10.1. The summed E-state index contributed by atoms with van der Waals surface area (Å²) in [6.45, 7) is 2.43. The Bertz CT molecular complexity index is 1080. The number of fused-ring (bicyclic) bond motifs is 2. The number of hydrogen-bond donors (Lipinski definition) is 0. The van der Waals surface area contributed by atoms with E-state index in [2.05, 4.69) is 17.0 Å². The van der Waals surface area contributed by atoms with E-state index in [0.717, 1.165) is 47.0 Å². The molecule has 160 valence electrons. The van der Waals surface area contributed by atoms with E-state index in [1.807, 2.05) is 48.5 Å². The van der Waals surface area contributed by atoms with E-state index in [9.17, 15) is 0 Å². The molecule has 1 atom stereocenters. The fraction of sp³-hybridized carbons (Fsp3) is 0.280. The highest BCUT2D eigenvalue weighted by molar-refractivity contribution is 5.55. The topological polar surface area (TPSA) is 49.4 Å². The van der Waals surface area contributed by atoms with E-state index in [1.54, 1.807) is 14.2 Å². The molecule has 2 aliphatic heterocycles. The maximum absolute atomic E-state index is 6.48. The van der Waals surface area contributed by atoms with Crippen LogP contribution in [0.1, 0.15) is 22.8 Å². The Hall–Kier alpha value is -3.38. The highest BCUT2D eigenvalue weighted by Gasteiger charge is 2.27. The highest BCUT2D eigenvalue weighted by atomic mass is 16.7. The Morgan fingerprint density at radius 3 is 2.58 bits per heavy atom. The molecule has 5 rings (SSSR count). The second kappa shape index (κ2) is 8.40. The Morgan fingerprint density at radius 1 is 0.903 bits per heavy atom. The molecule has 1 unspecified atom stereocenters. The predicted molar refractivity (Wildman–Crippen MR) is 116 cm³/mol. The van der Waals surface area contributed by atoms with Crippen molar-refractivity contribution in [3.63, 3.8) is 0 Å². The minimum atomic E-state index is -0.157.